The molecule has 1 fully saturated rings. The van der Waals surface area contributed by atoms with Gasteiger partial charge in [0, 0.05) is 32.2 Å². The van der Waals surface area contributed by atoms with Crippen LogP contribution in [-0.4, -0.2) is 54.7 Å². The molecule has 7 nitrogen and oxygen atoms in total. The van der Waals surface area contributed by atoms with E-state index in [4.69, 9.17) is 14.2 Å². The monoisotopic (exact) mass is 463 g/mol. The van der Waals surface area contributed by atoms with Crippen molar-refractivity contribution < 1.29 is 28.9 Å². The van der Waals surface area contributed by atoms with Gasteiger partial charge in [0.25, 0.3) is 11.7 Å². The molecule has 0 spiro atoms. The summed E-state index contributed by atoms with van der Waals surface area (Å²) < 4.78 is 16.6. The van der Waals surface area contributed by atoms with Gasteiger partial charge in [0.15, 0.2) is 0 Å². The minimum atomic E-state index is -0.743. The predicted molar refractivity (Wildman–Crippen MR) is 128 cm³/mol. The van der Waals surface area contributed by atoms with E-state index in [1.807, 2.05) is 19.1 Å². The number of ketones is 1. The molecule has 0 aromatic heterocycles. The van der Waals surface area contributed by atoms with Crippen LogP contribution in [0.3, 0.4) is 0 Å². The van der Waals surface area contributed by atoms with Crippen molar-refractivity contribution in [2.75, 3.05) is 26.9 Å². The summed E-state index contributed by atoms with van der Waals surface area (Å²) in [5, 5.41) is 11.3. The number of Topliss-reactive ketones (excluding diaryl/α,β-unsaturated/α-hetero) is 1. The van der Waals surface area contributed by atoms with Gasteiger partial charge in [0.2, 0.25) is 0 Å². The van der Waals surface area contributed by atoms with Crippen molar-refractivity contribution in [3.63, 3.8) is 0 Å². The molecular weight excluding hydrogens is 434 g/mol. The van der Waals surface area contributed by atoms with Crippen LogP contribution in [0.5, 0.6) is 11.5 Å². The smallest absolute Gasteiger partial charge is 0.295 e. The molecule has 0 radical (unpaired) electrons. The van der Waals surface area contributed by atoms with Crippen LogP contribution in [0.15, 0.2) is 60.7 Å². The summed E-state index contributed by atoms with van der Waals surface area (Å²) in [7, 11) is 1.59. The van der Waals surface area contributed by atoms with Gasteiger partial charge in [-0.25, -0.2) is 0 Å². The Labute approximate surface area is 199 Å². The average Bonchev–Trinajstić information content (AvgIpc) is 3.33. The van der Waals surface area contributed by atoms with E-state index >= 15 is 0 Å². The summed E-state index contributed by atoms with van der Waals surface area (Å²) in [6.07, 6.45) is 2.97. The Morgan fingerprint density at radius 3 is 2.85 bits per heavy atom. The van der Waals surface area contributed by atoms with Crippen LogP contribution in [0.1, 0.15) is 36.1 Å². The third-order valence-electron chi connectivity index (χ3n) is 6.00. The summed E-state index contributed by atoms with van der Waals surface area (Å²) in [4.78, 5) is 27.7. The Kier molecular flexibility index (Phi) is 7.03. The van der Waals surface area contributed by atoms with Crippen molar-refractivity contribution in [3.05, 3.63) is 77.4 Å². The van der Waals surface area contributed by atoms with Crippen molar-refractivity contribution in [1.29, 1.82) is 0 Å². The van der Waals surface area contributed by atoms with Gasteiger partial charge >= 0.3 is 0 Å². The first kappa shape index (κ1) is 23.6. The van der Waals surface area contributed by atoms with Gasteiger partial charge in [0.05, 0.1) is 11.6 Å². The molecular formula is C27H29NO6. The average molecular weight is 464 g/mol. The zero-order valence-corrected chi connectivity index (χ0v) is 19.5. The Morgan fingerprint density at radius 2 is 2.09 bits per heavy atom. The van der Waals surface area contributed by atoms with Gasteiger partial charge in [-0.2, -0.15) is 0 Å². The molecule has 1 amide bonds. The van der Waals surface area contributed by atoms with E-state index < -0.39 is 17.7 Å². The number of carbonyl (C=O) groups is 2. The van der Waals surface area contributed by atoms with Gasteiger partial charge < -0.3 is 24.2 Å². The SMILES string of the molecule is C=CCOc1cccc([C@@H]2C(=C(O)c3ccc4c(c3)C[C@@H](C)O4)C(=O)C(=O)N2CCCOC)c1. The first-order chi connectivity index (χ1) is 16.4. The quantitative estimate of drug-likeness (QED) is 0.199. The molecule has 0 aliphatic carbocycles. The standard InChI is InChI=1S/C27H29NO6/c1-4-12-33-21-8-5-7-18(16-21)24-23(26(30)27(31)28(24)11-6-13-32-3)25(29)19-9-10-22-20(15-19)14-17(2)34-22/h4-5,7-10,15-17,24,29H,1,6,11-14H2,2-3H3/t17-,24-/m1/s1. The van der Waals surface area contributed by atoms with Crippen LogP contribution < -0.4 is 9.47 Å². The van der Waals surface area contributed by atoms with Crippen molar-refractivity contribution in [2.24, 2.45) is 0 Å². The van der Waals surface area contributed by atoms with Gasteiger partial charge in [-0.15, -0.1) is 0 Å². The summed E-state index contributed by atoms with van der Waals surface area (Å²) in [5.41, 5.74) is 2.19. The molecule has 1 N–H and O–H groups in total. The molecule has 7 heteroatoms. The summed E-state index contributed by atoms with van der Waals surface area (Å²) >= 11 is 0. The Bertz CT molecular complexity index is 1140. The van der Waals surface area contributed by atoms with E-state index in [1.165, 1.54) is 4.90 Å². The highest BCUT2D eigenvalue weighted by Gasteiger charge is 2.46. The van der Waals surface area contributed by atoms with Gasteiger partial charge in [-0.3, -0.25) is 9.59 Å². The zero-order valence-electron chi connectivity index (χ0n) is 19.5. The number of likely N-dealkylation sites (tertiary alicyclic amines) is 1. The van der Waals surface area contributed by atoms with Gasteiger partial charge in [-0.1, -0.05) is 24.8 Å². The number of amides is 1. The van der Waals surface area contributed by atoms with Crippen LogP contribution in [0.4, 0.5) is 0 Å². The molecule has 2 aromatic carbocycles. The second-order valence-corrected chi connectivity index (χ2v) is 8.47. The Hall–Kier alpha value is -3.58. The Balaban J connectivity index is 1.79. The van der Waals surface area contributed by atoms with Crippen LogP contribution in [0, 0.1) is 0 Å². The zero-order chi connectivity index (χ0) is 24.2. The third-order valence-corrected chi connectivity index (χ3v) is 6.00. The predicted octanol–water partition coefficient (Wildman–Crippen LogP) is 4.03. The van der Waals surface area contributed by atoms with Crippen molar-refractivity contribution >= 4 is 17.4 Å². The lowest BCUT2D eigenvalue weighted by atomic mass is 9.94. The molecule has 0 saturated carbocycles. The number of hydrogen-bond donors (Lipinski definition) is 1. The van der Waals surface area contributed by atoms with E-state index in [9.17, 15) is 14.7 Å². The second kappa shape index (κ2) is 10.1. The minimum Gasteiger partial charge on any atom is -0.507 e. The fraction of sp³-hybridized carbons (Fsp3) is 0.333. The number of benzene rings is 2. The van der Waals surface area contributed by atoms with E-state index in [0.29, 0.717) is 49.5 Å². The number of nitrogens with zero attached hydrogens (tertiary/aromatic N) is 1. The highest BCUT2D eigenvalue weighted by atomic mass is 16.5. The Morgan fingerprint density at radius 1 is 1.26 bits per heavy atom. The summed E-state index contributed by atoms with van der Waals surface area (Å²) in [6, 6.07) is 11.8. The number of ether oxygens (including phenoxy) is 3. The maximum atomic E-state index is 13.2. The summed E-state index contributed by atoms with van der Waals surface area (Å²) in [5.74, 6) is -0.186. The molecule has 2 aliphatic heterocycles. The molecule has 2 heterocycles. The van der Waals surface area contributed by atoms with Gasteiger partial charge in [0.1, 0.15) is 30.0 Å². The van der Waals surface area contributed by atoms with Crippen LogP contribution in [-0.2, 0) is 20.7 Å². The van der Waals surface area contributed by atoms with Crippen molar-refractivity contribution in [2.45, 2.75) is 31.9 Å². The molecule has 1 saturated heterocycles. The number of aliphatic hydroxyl groups is 1. The minimum absolute atomic E-state index is 0.0528. The first-order valence-corrected chi connectivity index (χ1v) is 11.4. The van der Waals surface area contributed by atoms with Crippen molar-refractivity contribution in [3.8, 4) is 11.5 Å². The molecule has 0 bridgehead atoms. The van der Waals surface area contributed by atoms with Crippen LogP contribution in [0.25, 0.3) is 5.76 Å². The number of methoxy groups -OCH3 is 1. The maximum Gasteiger partial charge on any atom is 0.295 e. The molecule has 2 aliphatic rings. The molecule has 2 atom stereocenters. The maximum absolute atomic E-state index is 13.2. The number of hydrogen-bond acceptors (Lipinski definition) is 6. The molecule has 0 unspecified atom stereocenters. The van der Waals surface area contributed by atoms with Gasteiger partial charge in [-0.05, 0) is 54.8 Å². The first-order valence-electron chi connectivity index (χ1n) is 11.4. The highest BCUT2D eigenvalue weighted by molar-refractivity contribution is 6.46. The fourth-order valence-corrected chi connectivity index (χ4v) is 4.49. The highest BCUT2D eigenvalue weighted by Crippen LogP contribution is 2.41. The lowest BCUT2D eigenvalue weighted by molar-refractivity contribution is -0.140. The molecule has 2 aromatic rings. The fourth-order valence-electron chi connectivity index (χ4n) is 4.49. The molecule has 178 valence electrons. The summed E-state index contributed by atoms with van der Waals surface area (Å²) in [6.45, 7) is 6.73. The van der Waals surface area contributed by atoms with E-state index in [2.05, 4.69) is 6.58 Å². The van der Waals surface area contributed by atoms with E-state index in [0.717, 1.165) is 11.3 Å². The lowest BCUT2D eigenvalue weighted by Gasteiger charge is -2.25. The normalized spacial score (nSPS) is 20.8. The molecule has 34 heavy (non-hydrogen) atoms. The second-order valence-electron chi connectivity index (χ2n) is 8.47. The number of carbonyl (C=O) groups excluding carboxylic acids is 2. The topological polar surface area (TPSA) is 85.3 Å². The van der Waals surface area contributed by atoms with Crippen molar-refractivity contribution in [1.82, 2.24) is 4.90 Å². The van der Waals surface area contributed by atoms with Crippen LogP contribution >= 0.6 is 0 Å². The van der Waals surface area contributed by atoms with E-state index in [-0.39, 0.29) is 17.4 Å². The van der Waals surface area contributed by atoms with Crippen LogP contribution in [0.2, 0.25) is 0 Å². The number of fused-ring (bicyclic) bond motifs is 1. The third kappa shape index (κ3) is 4.56. The van der Waals surface area contributed by atoms with E-state index in [1.54, 1.807) is 43.5 Å². The largest absolute Gasteiger partial charge is 0.507 e. The molecule has 4 rings (SSSR count). The number of rotatable bonds is 9. The number of aliphatic hydroxyl groups excluding tert-OH is 1. The lowest BCUT2D eigenvalue weighted by Crippen LogP contribution is -2.31.